The van der Waals surface area contributed by atoms with E-state index in [0.717, 1.165) is 0 Å². The van der Waals surface area contributed by atoms with E-state index in [0.29, 0.717) is 11.8 Å². The Morgan fingerprint density at radius 3 is 2.27 bits per heavy atom. The molecule has 0 fully saturated rings. The first-order valence-corrected chi connectivity index (χ1v) is 4.27. The van der Waals surface area contributed by atoms with E-state index in [9.17, 15) is 14.4 Å². The Hall–Kier alpha value is -1.15. The van der Waals surface area contributed by atoms with E-state index in [1.165, 1.54) is 0 Å². The van der Waals surface area contributed by atoms with Crippen molar-refractivity contribution in [3.63, 3.8) is 0 Å². The molecule has 0 heterocycles. The van der Waals surface area contributed by atoms with Crippen molar-refractivity contribution in [1.29, 1.82) is 0 Å². The third kappa shape index (κ3) is 4.75. The molecule has 0 aromatic heterocycles. The van der Waals surface area contributed by atoms with Gasteiger partial charge >= 0.3 is 0 Å². The summed E-state index contributed by atoms with van der Waals surface area (Å²) in [5.41, 5.74) is 0.506. The van der Waals surface area contributed by atoms with Crippen LogP contribution in [0.2, 0.25) is 0 Å². The van der Waals surface area contributed by atoms with Crippen LogP contribution >= 0.6 is 0 Å². The second kappa shape index (κ2) is 7.19. The first-order valence-electron chi connectivity index (χ1n) is 4.27. The maximum absolute atomic E-state index is 11.4. The van der Waals surface area contributed by atoms with Crippen molar-refractivity contribution in [3.05, 3.63) is 35.9 Å². The number of aldehydes is 1. The van der Waals surface area contributed by atoms with E-state index in [1.54, 1.807) is 30.3 Å². The molecular weight excluding hydrogens is 283 g/mol. The van der Waals surface area contributed by atoms with Gasteiger partial charge in [0.1, 0.15) is 12.1 Å². The molecule has 0 unspecified atom stereocenters. The Morgan fingerprint density at radius 2 is 1.73 bits per heavy atom. The maximum atomic E-state index is 11.4. The van der Waals surface area contributed by atoms with E-state index in [-0.39, 0.29) is 43.9 Å². The minimum Gasteiger partial charge on any atom is -0.303 e. The van der Waals surface area contributed by atoms with Crippen molar-refractivity contribution in [2.75, 3.05) is 0 Å². The molecule has 0 atom stereocenters. The van der Waals surface area contributed by atoms with Gasteiger partial charge in [-0.2, -0.15) is 0 Å². The van der Waals surface area contributed by atoms with Crippen LogP contribution in [-0.4, -0.2) is 17.9 Å². The van der Waals surface area contributed by atoms with E-state index in [1.807, 2.05) is 0 Å². The molecule has 1 radical (unpaired) electrons. The first kappa shape index (κ1) is 13.9. The molecule has 0 saturated heterocycles. The van der Waals surface area contributed by atoms with Crippen LogP contribution in [-0.2, 0) is 29.1 Å². The number of benzene rings is 1. The number of hydrogen-bond donors (Lipinski definition) is 0. The molecule has 1 aromatic carbocycles. The van der Waals surface area contributed by atoms with Crippen LogP contribution in [0.3, 0.4) is 0 Å². The van der Waals surface area contributed by atoms with Gasteiger partial charge in [-0.25, -0.2) is 0 Å². The Kier molecular flexibility index (Phi) is 6.64. The Labute approximate surface area is 101 Å². The molecule has 0 amide bonds. The molecule has 0 aliphatic heterocycles. The van der Waals surface area contributed by atoms with Crippen LogP contribution in [0.15, 0.2) is 30.3 Å². The van der Waals surface area contributed by atoms with Crippen molar-refractivity contribution in [2.24, 2.45) is 0 Å². The smallest absolute Gasteiger partial charge is 0.170 e. The average Bonchev–Trinajstić information content (AvgIpc) is 2.19. The monoisotopic (exact) mass is 293 g/mol. The summed E-state index contributed by atoms with van der Waals surface area (Å²) >= 11 is 0. The molecule has 1 rings (SSSR count). The molecule has 0 bridgehead atoms. The largest absolute Gasteiger partial charge is 0.303 e. The quantitative estimate of drug-likeness (QED) is 0.357. The van der Waals surface area contributed by atoms with Crippen LogP contribution in [0.4, 0.5) is 0 Å². The van der Waals surface area contributed by atoms with Gasteiger partial charge in [-0.05, 0) is 0 Å². The fourth-order valence-corrected chi connectivity index (χ4v) is 1.07. The second-order valence-electron chi connectivity index (χ2n) is 2.88. The number of carbonyl (C=O) groups excluding carboxylic acids is 3. The normalized spacial score (nSPS) is 8.80. The number of carbonyl (C=O) groups is 3. The predicted molar refractivity (Wildman–Crippen MR) is 51.1 cm³/mol. The van der Waals surface area contributed by atoms with E-state index in [2.05, 4.69) is 0 Å². The molecule has 0 aliphatic rings. The van der Waals surface area contributed by atoms with Crippen LogP contribution in [0, 0.1) is 0 Å². The number of rotatable bonds is 5. The molecule has 0 saturated carbocycles. The van der Waals surface area contributed by atoms with Crippen molar-refractivity contribution in [1.82, 2.24) is 0 Å². The van der Waals surface area contributed by atoms with E-state index in [4.69, 9.17) is 0 Å². The molecular formula is C11H10O3Rh. The van der Waals surface area contributed by atoms with Crippen LogP contribution in [0.25, 0.3) is 0 Å². The molecule has 1 aromatic rings. The van der Waals surface area contributed by atoms with Gasteiger partial charge in [-0.3, -0.25) is 9.59 Å². The number of hydrogen-bond acceptors (Lipinski definition) is 3. The van der Waals surface area contributed by atoms with E-state index < -0.39 is 0 Å². The summed E-state index contributed by atoms with van der Waals surface area (Å²) in [6, 6.07) is 8.56. The Balaban J connectivity index is 0.00000196. The molecule has 0 aliphatic carbocycles. The van der Waals surface area contributed by atoms with Gasteiger partial charge < -0.3 is 4.79 Å². The average molecular weight is 293 g/mol. The van der Waals surface area contributed by atoms with Crippen molar-refractivity contribution >= 4 is 17.9 Å². The van der Waals surface area contributed by atoms with Crippen LogP contribution in [0.1, 0.15) is 23.2 Å². The van der Waals surface area contributed by atoms with Gasteiger partial charge in [0.2, 0.25) is 0 Å². The van der Waals surface area contributed by atoms with Gasteiger partial charge in [-0.15, -0.1) is 0 Å². The summed E-state index contributed by atoms with van der Waals surface area (Å²) < 4.78 is 0. The van der Waals surface area contributed by atoms with Gasteiger partial charge in [0.05, 0.1) is 12.8 Å². The van der Waals surface area contributed by atoms with Gasteiger partial charge in [0, 0.05) is 25.0 Å². The summed E-state index contributed by atoms with van der Waals surface area (Å²) in [5, 5.41) is 0. The summed E-state index contributed by atoms with van der Waals surface area (Å²) in [7, 11) is 0. The summed E-state index contributed by atoms with van der Waals surface area (Å²) in [6.07, 6.45) is 0.141. The Bertz CT molecular complexity index is 346. The first-order chi connectivity index (χ1) is 6.74. The SMILES string of the molecule is O=CCC(=O)CC(=O)c1ccccc1.[Rh]. The fourth-order valence-electron chi connectivity index (χ4n) is 1.07. The zero-order valence-corrected chi connectivity index (χ0v) is 9.58. The Morgan fingerprint density at radius 1 is 1.13 bits per heavy atom. The second-order valence-corrected chi connectivity index (χ2v) is 2.88. The fraction of sp³-hybridized carbons (Fsp3) is 0.182. The zero-order valence-electron chi connectivity index (χ0n) is 7.94. The van der Waals surface area contributed by atoms with Gasteiger partial charge in [-0.1, -0.05) is 30.3 Å². The topological polar surface area (TPSA) is 51.2 Å². The van der Waals surface area contributed by atoms with Crippen molar-refractivity contribution in [3.8, 4) is 0 Å². The van der Waals surface area contributed by atoms with E-state index >= 15 is 0 Å². The standard InChI is InChI=1S/C11H10O3.Rh/c12-7-6-10(13)8-11(14)9-4-2-1-3-5-9;/h1-5,7H,6,8H2;. The van der Waals surface area contributed by atoms with Crippen LogP contribution in [0.5, 0.6) is 0 Å². The summed E-state index contributed by atoms with van der Waals surface area (Å²) in [5.74, 6) is -0.577. The van der Waals surface area contributed by atoms with Crippen LogP contribution < -0.4 is 0 Å². The minimum absolute atomic E-state index is 0. The van der Waals surface area contributed by atoms with Gasteiger partial charge in [0.15, 0.2) is 5.78 Å². The number of ketones is 2. The summed E-state index contributed by atoms with van der Waals surface area (Å²) in [4.78, 5) is 32.4. The molecule has 3 nitrogen and oxygen atoms in total. The van der Waals surface area contributed by atoms with Gasteiger partial charge in [0.25, 0.3) is 0 Å². The summed E-state index contributed by atoms with van der Waals surface area (Å²) in [6.45, 7) is 0. The molecule has 4 heteroatoms. The third-order valence-corrected chi connectivity index (χ3v) is 1.76. The molecule has 15 heavy (non-hydrogen) atoms. The molecule has 0 spiro atoms. The van der Waals surface area contributed by atoms with Crippen molar-refractivity contribution < 1.29 is 33.9 Å². The van der Waals surface area contributed by atoms with Crippen molar-refractivity contribution in [2.45, 2.75) is 12.8 Å². The minimum atomic E-state index is -0.339. The molecule has 81 valence electrons. The predicted octanol–water partition coefficient (Wildman–Crippen LogP) is 1.42. The molecule has 0 N–H and O–H groups in total. The zero-order chi connectivity index (χ0) is 10.4. The maximum Gasteiger partial charge on any atom is 0.170 e. The number of Topliss-reactive ketones (excluding diaryl/α,β-unsaturated/α-hetero) is 2. The third-order valence-electron chi connectivity index (χ3n) is 1.76.